The van der Waals surface area contributed by atoms with Crippen LogP contribution in [0.4, 0.5) is 5.69 Å². The first kappa shape index (κ1) is 14.4. The van der Waals surface area contributed by atoms with Gasteiger partial charge in [-0.15, -0.1) is 0 Å². The molecule has 0 aliphatic carbocycles. The predicted octanol–water partition coefficient (Wildman–Crippen LogP) is 2.10. The number of benzene rings is 1. The summed E-state index contributed by atoms with van der Waals surface area (Å²) in [6.07, 6.45) is 1.50. The molecule has 21 heavy (non-hydrogen) atoms. The second-order valence-corrected chi connectivity index (χ2v) is 5.48. The highest BCUT2D eigenvalue weighted by molar-refractivity contribution is 5.99. The zero-order valence-corrected chi connectivity index (χ0v) is 12.4. The van der Waals surface area contributed by atoms with Crippen molar-refractivity contribution in [1.29, 1.82) is 0 Å². The first-order valence-corrected chi connectivity index (χ1v) is 7.64. The number of nitrogens with one attached hydrogen (secondary N) is 1. The molecule has 2 saturated heterocycles. The molecule has 5 heteroatoms. The van der Waals surface area contributed by atoms with E-state index in [1.54, 1.807) is 0 Å². The quantitative estimate of drug-likeness (QED) is 0.926. The molecule has 0 bridgehead atoms. The van der Waals surface area contributed by atoms with Gasteiger partial charge in [-0.25, -0.2) is 0 Å². The smallest absolute Gasteiger partial charge is 0.255 e. The summed E-state index contributed by atoms with van der Waals surface area (Å²) in [4.78, 5) is 14.6. The van der Waals surface area contributed by atoms with E-state index in [4.69, 9.17) is 9.47 Å². The van der Waals surface area contributed by atoms with Crippen LogP contribution in [0, 0.1) is 0 Å². The molecule has 0 atom stereocenters. The average molecular weight is 290 g/mol. The van der Waals surface area contributed by atoms with E-state index in [1.165, 1.54) is 0 Å². The first-order valence-electron chi connectivity index (χ1n) is 7.64. The number of nitrogens with zero attached hydrogens (tertiary/aromatic N) is 1. The third-order valence-corrected chi connectivity index (χ3v) is 4.15. The third kappa shape index (κ3) is 2.89. The lowest BCUT2D eigenvalue weighted by Crippen LogP contribution is -2.47. The maximum Gasteiger partial charge on any atom is 0.255 e. The Balaban J connectivity index is 1.69. The Morgan fingerprint density at radius 2 is 1.90 bits per heavy atom. The van der Waals surface area contributed by atoms with Crippen molar-refractivity contribution in [2.24, 2.45) is 0 Å². The fourth-order valence-electron chi connectivity index (χ4n) is 3.02. The van der Waals surface area contributed by atoms with E-state index in [2.05, 4.69) is 5.32 Å². The minimum Gasteiger partial charge on any atom is -0.385 e. The summed E-state index contributed by atoms with van der Waals surface area (Å²) in [6, 6.07) is 7.68. The van der Waals surface area contributed by atoms with Crippen LogP contribution in [0.2, 0.25) is 0 Å². The minimum absolute atomic E-state index is 0.0828. The molecule has 2 heterocycles. The summed E-state index contributed by atoms with van der Waals surface area (Å²) in [5, 5.41) is 3.25. The number of para-hydroxylation sites is 1. The van der Waals surface area contributed by atoms with Crippen LogP contribution in [0.3, 0.4) is 0 Å². The van der Waals surface area contributed by atoms with Crippen LogP contribution in [-0.4, -0.2) is 49.4 Å². The van der Waals surface area contributed by atoms with Crippen LogP contribution < -0.4 is 5.32 Å². The van der Waals surface area contributed by atoms with Crippen molar-refractivity contribution >= 4 is 11.6 Å². The van der Waals surface area contributed by atoms with Gasteiger partial charge in [0.05, 0.1) is 18.8 Å². The highest BCUT2D eigenvalue weighted by Gasteiger charge is 2.41. The van der Waals surface area contributed by atoms with Crippen LogP contribution in [0.15, 0.2) is 24.3 Å². The first-order chi connectivity index (χ1) is 10.2. The maximum atomic E-state index is 12.7. The molecule has 1 amide bonds. The van der Waals surface area contributed by atoms with E-state index < -0.39 is 5.79 Å². The molecule has 1 spiro atoms. The third-order valence-electron chi connectivity index (χ3n) is 4.15. The summed E-state index contributed by atoms with van der Waals surface area (Å²) in [7, 11) is 0. The van der Waals surface area contributed by atoms with Crippen LogP contribution in [-0.2, 0) is 9.47 Å². The number of hydrogen-bond acceptors (Lipinski definition) is 4. The summed E-state index contributed by atoms with van der Waals surface area (Å²) in [5.41, 5.74) is 1.64. The molecule has 1 N–H and O–H groups in total. The molecule has 0 aromatic heterocycles. The van der Waals surface area contributed by atoms with E-state index in [0.29, 0.717) is 26.3 Å². The van der Waals surface area contributed by atoms with Crippen molar-refractivity contribution in [2.45, 2.75) is 25.6 Å². The van der Waals surface area contributed by atoms with Crippen molar-refractivity contribution in [3.05, 3.63) is 29.8 Å². The second-order valence-electron chi connectivity index (χ2n) is 5.48. The summed E-state index contributed by atoms with van der Waals surface area (Å²) < 4.78 is 11.4. The summed E-state index contributed by atoms with van der Waals surface area (Å²) in [5.74, 6) is -0.350. The minimum atomic E-state index is -0.433. The molecule has 5 nitrogen and oxygen atoms in total. The van der Waals surface area contributed by atoms with Crippen molar-refractivity contribution < 1.29 is 14.3 Å². The Morgan fingerprint density at radius 3 is 2.57 bits per heavy atom. The van der Waals surface area contributed by atoms with E-state index >= 15 is 0 Å². The van der Waals surface area contributed by atoms with Crippen LogP contribution in [0.1, 0.15) is 30.1 Å². The summed E-state index contributed by atoms with van der Waals surface area (Å²) >= 11 is 0. The largest absolute Gasteiger partial charge is 0.385 e. The van der Waals surface area contributed by atoms with Gasteiger partial charge in [0.25, 0.3) is 5.91 Å². The van der Waals surface area contributed by atoms with Gasteiger partial charge in [0.1, 0.15) is 0 Å². The number of ether oxygens (including phenoxy) is 2. The van der Waals surface area contributed by atoms with Gasteiger partial charge in [-0.3, -0.25) is 4.79 Å². The Bertz CT molecular complexity index is 502. The summed E-state index contributed by atoms with van der Waals surface area (Å²) in [6.45, 7) is 5.52. The van der Waals surface area contributed by atoms with E-state index in [-0.39, 0.29) is 5.91 Å². The SMILES string of the molecule is CCNc1ccccc1C(=O)N1CCC2(CC1)OCCO2. The van der Waals surface area contributed by atoms with Crippen molar-refractivity contribution in [3.8, 4) is 0 Å². The number of piperidine rings is 1. The van der Waals surface area contributed by atoms with Crippen molar-refractivity contribution in [2.75, 3.05) is 38.2 Å². The van der Waals surface area contributed by atoms with Crippen LogP contribution >= 0.6 is 0 Å². The topological polar surface area (TPSA) is 50.8 Å². The molecule has 2 aliphatic heterocycles. The Hall–Kier alpha value is -1.59. The van der Waals surface area contributed by atoms with E-state index in [0.717, 1.165) is 30.6 Å². The standard InChI is InChI=1S/C16H22N2O3/c1-2-17-14-6-4-3-5-13(14)15(19)18-9-7-16(8-10-18)20-11-12-21-16/h3-6,17H,2,7-12H2,1H3. The molecule has 1 aromatic carbocycles. The lowest BCUT2D eigenvalue weighted by Gasteiger charge is -2.37. The Labute approximate surface area is 125 Å². The Kier molecular flexibility index (Phi) is 4.12. The molecule has 114 valence electrons. The number of anilines is 1. The van der Waals surface area contributed by atoms with Crippen LogP contribution in [0.5, 0.6) is 0 Å². The van der Waals surface area contributed by atoms with Crippen molar-refractivity contribution in [1.82, 2.24) is 4.90 Å². The van der Waals surface area contributed by atoms with Gasteiger partial charge in [0, 0.05) is 38.2 Å². The lowest BCUT2D eigenvalue weighted by atomic mass is 10.0. The highest BCUT2D eigenvalue weighted by Crippen LogP contribution is 2.32. The van der Waals surface area contributed by atoms with Gasteiger partial charge < -0.3 is 19.7 Å². The lowest BCUT2D eigenvalue weighted by molar-refractivity contribution is -0.181. The van der Waals surface area contributed by atoms with Gasteiger partial charge in [-0.2, -0.15) is 0 Å². The van der Waals surface area contributed by atoms with Crippen LogP contribution in [0.25, 0.3) is 0 Å². The molecular weight excluding hydrogens is 268 g/mol. The molecule has 2 fully saturated rings. The molecule has 0 saturated carbocycles. The second kappa shape index (κ2) is 6.03. The molecule has 1 aromatic rings. The fraction of sp³-hybridized carbons (Fsp3) is 0.562. The van der Waals surface area contributed by atoms with Gasteiger partial charge in [-0.1, -0.05) is 12.1 Å². The molecule has 0 unspecified atom stereocenters. The zero-order valence-electron chi connectivity index (χ0n) is 12.4. The number of likely N-dealkylation sites (tertiary alicyclic amines) is 1. The van der Waals surface area contributed by atoms with Gasteiger partial charge >= 0.3 is 0 Å². The Morgan fingerprint density at radius 1 is 1.24 bits per heavy atom. The zero-order chi connectivity index (χ0) is 14.7. The monoisotopic (exact) mass is 290 g/mol. The number of carbonyl (C=O) groups excluding carboxylic acids is 1. The number of carbonyl (C=O) groups is 1. The van der Waals surface area contributed by atoms with Gasteiger partial charge in [-0.05, 0) is 19.1 Å². The van der Waals surface area contributed by atoms with Gasteiger partial charge in [0.2, 0.25) is 0 Å². The molecule has 3 rings (SSSR count). The predicted molar refractivity (Wildman–Crippen MR) is 80.4 cm³/mol. The maximum absolute atomic E-state index is 12.7. The number of rotatable bonds is 3. The van der Waals surface area contributed by atoms with E-state index in [9.17, 15) is 4.79 Å². The normalized spacial score (nSPS) is 20.7. The molecular formula is C16H22N2O3. The average Bonchev–Trinajstić information content (AvgIpc) is 2.97. The van der Waals surface area contributed by atoms with Crippen molar-refractivity contribution in [3.63, 3.8) is 0 Å². The number of hydrogen-bond donors (Lipinski definition) is 1. The highest BCUT2D eigenvalue weighted by atomic mass is 16.7. The molecule has 0 radical (unpaired) electrons. The molecule has 2 aliphatic rings. The van der Waals surface area contributed by atoms with E-state index in [1.807, 2.05) is 36.1 Å². The fourth-order valence-corrected chi connectivity index (χ4v) is 3.02. The number of amides is 1. The van der Waals surface area contributed by atoms with Gasteiger partial charge in [0.15, 0.2) is 5.79 Å².